The minimum atomic E-state index is -3.29. The van der Waals surface area contributed by atoms with E-state index in [0.717, 1.165) is 12.5 Å². The van der Waals surface area contributed by atoms with Crippen molar-refractivity contribution in [2.45, 2.75) is 37.2 Å². The second kappa shape index (κ2) is 3.47. The van der Waals surface area contributed by atoms with E-state index in [0.29, 0.717) is 24.7 Å². The molecular weight excluding hydrogens is 260 g/mol. The molecule has 0 saturated heterocycles. The van der Waals surface area contributed by atoms with Crippen molar-refractivity contribution in [2.75, 3.05) is 12.5 Å². The molecule has 4 nitrogen and oxygen atoms in total. The zero-order valence-corrected chi connectivity index (χ0v) is 12.3. The van der Waals surface area contributed by atoms with Gasteiger partial charge in [0.05, 0.1) is 10.5 Å². The maximum atomic E-state index is 11.8. The topological polar surface area (TPSA) is 68.3 Å². The standard InChI is InChI=1S/C11H20O4S2/c1-11(2)7-5-9(16(3,12)13)10(6-8(7)11)17(4,14)15/h7-10H,5-6H2,1-4H3/t7-,8+,9-,10-/m1/s1. The molecule has 2 aliphatic carbocycles. The van der Waals surface area contributed by atoms with Gasteiger partial charge in [0.1, 0.15) is 0 Å². The Balaban J connectivity index is 2.37. The van der Waals surface area contributed by atoms with Gasteiger partial charge in [-0.15, -0.1) is 0 Å². The Morgan fingerprint density at radius 2 is 1.12 bits per heavy atom. The van der Waals surface area contributed by atoms with Gasteiger partial charge in [-0.2, -0.15) is 0 Å². The van der Waals surface area contributed by atoms with Crippen LogP contribution >= 0.6 is 0 Å². The molecule has 2 rings (SSSR count). The molecule has 0 unspecified atom stereocenters. The number of hydrogen-bond donors (Lipinski definition) is 0. The number of fused-ring (bicyclic) bond motifs is 1. The summed E-state index contributed by atoms with van der Waals surface area (Å²) in [5.74, 6) is 0.750. The second-order valence-electron chi connectivity index (χ2n) is 6.24. The predicted molar refractivity (Wildman–Crippen MR) is 67.3 cm³/mol. The quantitative estimate of drug-likeness (QED) is 0.753. The first-order chi connectivity index (χ1) is 7.45. The Morgan fingerprint density at radius 3 is 1.35 bits per heavy atom. The van der Waals surface area contributed by atoms with Crippen LogP contribution in [-0.4, -0.2) is 39.8 Å². The summed E-state index contributed by atoms with van der Waals surface area (Å²) in [6, 6.07) is 0. The van der Waals surface area contributed by atoms with Gasteiger partial charge in [0.25, 0.3) is 0 Å². The van der Waals surface area contributed by atoms with Gasteiger partial charge >= 0.3 is 0 Å². The molecule has 0 aliphatic heterocycles. The molecule has 0 spiro atoms. The van der Waals surface area contributed by atoms with Gasteiger partial charge in [-0.25, -0.2) is 16.8 Å². The molecule has 4 atom stereocenters. The molecule has 2 aliphatic rings. The molecular formula is C11H20O4S2. The molecule has 2 fully saturated rings. The third kappa shape index (κ3) is 2.14. The number of hydrogen-bond acceptors (Lipinski definition) is 4. The van der Waals surface area contributed by atoms with Crippen LogP contribution < -0.4 is 0 Å². The first kappa shape index (κ1) is 13.3. The van der Waals surface area contributed by atoms with Crippen LogP contribution in [0.25, 0.3) is 0 Å². The molecule has 0 amide bonds. The zero-order chi connectivity index (χ0) is 13.2. The third-order valence-electron chi connectivity index (χ3n) is 4.77. The molecule has 100 valence electrons. The summed E-state index contributed by atoms with van der Waals surface area (Å²) in [7, 11) is -6.59. The van der Waals surface area contributed by atoms with Crippen molar-refractivity contribution >= 4 is 19.7 Å². The maximum absolute atomic E-state index is 11.8. The van der Waals surface area contributed by atoms with E-state index in [9.17, 15) is 16.8 Å². The minimum Gasteiger partial charge on any atom is -0.229 e. The van der Waals surface area contributed by atoms with Gasteiger partial charge in [-0.05, 0) is 30.1 Å². The average molecular weight is 280 g/mol. The predicted octanol–water partition coefficient (Wildman–Crippen LogP) is 0.879. The lowest BCUT2D eigenvalue weighted by Gasteiger charge is -2.28. The molecule has 0 aromatic heterocycles. The van der Waals surface area contributed by atoms with Gasteiger partial charge < -0.3 is 0 Å². The summed E-state index contributed by atoms with van der Waals surface area (Å²) in [6.45, 7) is 4.21. The summed E-state index contributed by atoms with van der Waals surface area (Å²) in [6.07, 6.45) is 3.33. The van der Waals surface area contributed by atoms with E-state index in [2.05, 4.69) is 13.8 Å². The van der Waals surface area contributed by atoms with Crippen molar-refractivity contribution in [2.24, 2.45) is 17.3 Å². The van der Waals surface area contributed by atoms with Crippen molar-refractivity contribution in [3.05, 3.63) is 0 Å². The fraction of sp³-hybridized carbons (Fsp3) is 1.00. The van der Waals surface area contributed by atoms with Crippen LogP contribution in [0.1, 0.15) is 26.7 Å². The van der Waals surface area contributed by atoms with Crippen molar-refractivity contribution < 1.29 is 16.8 Å². The highest BCUT2D eigenvalue weighted by molar-refractivity contribution is 7.95. The SMILES string of the molecule is CC1(C)[C@@H]2C[C@@H](S(C)(=O)=O)[C@H](S(C)(=O)=O)C[C@@H]21. The highest BCUT2D eigenvalue weighted by Crippen LogP contribution is 2.65. The normalized spacial score (nSPS) is 40.7. The van der Waals surface area contributed by atoms with Crippen molar-refractivity contribution in [3.8, 4) is 0 Å². The van der Waals surface area contributed by atoms with Gasteiger partial charge in [-0.3, -0.25) is 0 Å². The summed E-state index contributed by atoms with van der Waals surface area (Å²) < 4.78 is 47.0. The van der Waals surface area contributed by atoms with Crippen LogP contribution in [0.3, 0.4) is 0 Å². The van der Waals surface area contributed by atoms with E-state index >= 15 is 0 Å². The van der Waals surface area contributed by atoms with Crippen LogP contribution in [0.2, 0.25) is 0 Å². The van der Waals surface area contributed by atoms with Crippen LogP contribution in [0, 0.1) is 17.3 Å². The molecule has 0 aromatic rings. The molecule has 0 aromatic carbocycles. The lowest BCUT2D eigenvalue weighted by atomic mass is 10.00. The van der Waals surface area contributed by atoms with Crippen LogP contribution in [0.4, 0.5) is 0 Å². The van der Waals surface area contributed by atoms with E-state index in [-0.39, 0.29) is 5.41 Å². The third-order valence-corrected chi connectivity index (χ3v) is 8.19. The van der Waals surface area contributed by atoms with Gasteiger partial charge in [-0.1, -0.05) is 13.8 Å². The number of rotatable bonds is 2. The summed E-state index contributed by atoms with van der Waals surface area (Å²) >= 11 is 0. The van der Waals surface area contributed by atoms with E-state index in [4.69, 9.17) is 0 Å². The largest absolute Gasteiger partial charge is 0.229 e. The Kier molecular flexibility index (Phi) is 2.72. The van der Waals surface area contributed by atoms with E-state index < -0.39 is 30.2 Å². The highest BCUT2D eigenvalue weighted by Gasteiger charge is 2.63. The van der Waals surface area contributed by atoms with Gasteiger partial charge in [0.15, 0.2) is 19.7 Å². The number of sulfone groups is 2. The average Bonchev–Trinajstić information content (AvgIpc) is 2.64. The summed E-state index contributed by atoms with van der Waals surface area (Å²) in [5, 5.41) is -1.42. The molecule has 0 heterocycles. The van der Waals surface area contributed by atoms with E-state index in [1.165, 1.54) is 0 Å². The molecule has 0 radical (unpaired) electrons. The zero-order valence-electron chi connectivity index (χ0n) is 10.7. The van der Waals surface area contributed by atoms with E-state index in [1.54, 1.807) is 0 Å². The van der Waals surface area contributed by atoms with Gasteiger partial charge in [0, 0.05) is 12.5 Å². The Morgan fingerprint density at radius 1 is 0.824 bits per heavy atom. The lowest BCUT2D eigenvalue weighted by Crippen LogP contribution is -2.42. The Bertz CT molecular complexity index is 482. The molecule has 2 saturated carbocycles. The van der Waals surface area contributed by atoms with Gasteiger partial charge in [0.2, 0.25) is 0 Å². The molecule has 0 N–H and O–H groups in total. The van der Waals surface area contributed by atoms with Crippen LogP contribution in [0.5, 0.6) is 0 Å². The summed E-state index contributed by atoms with van der Waals surface area (Å²) in [4.78, 5) is 0. The highest BCUT2D eigenvalue weighted by atomic mass is 32.2. The maximum Gasteiger partial charge on any atom is 0.151 e. The van der Waals surface area contributed by atoms with Crippen LogP contribution in [0.15, 0.2) is 0 Å². The van der Waals surface area contributed by atoms with Crippen molar-refractivity contribution in [1.82, 2.24) is 0 Å². The minimum absolute atomic E-state index is 0.113. The summed E-state index contributed by atoms with van der Waals surface area (Å²) in [5.41, 5.74) is 0.113. The fourth-order valence-corrected chi connectivity index (χ4v) is 7.15. The lowest BCUT2D eigenvalue weighted by molar-refractivity contribution is 0.457. The monoisotopic (exact) mass is 280 g/mol. The second-order valence-corrected chi connectivity index (χ2v) is 10.8. The smallest absolute Gasteiger partial charge is 0.151 e. The molecule has 17 heavy (non-hydrogen) atoms. The molecule has 0 bridgehead atoms. The Hall–Kier alpha value is -0.100. The first-order valence-corrected chi connectivity index (χ1v) is 9.74. The van der Waals surface area contributed by atoms with E-state index in [1.807, 2.05) is 0 Å². The van der Waals surface area contributed by atoms with Crippen molar-refractivity contribution in [3.63, 3.8) is 0 Å². The van der Waals surface area contributed by atoms with Crippen molar-refractivity contribution in [1.29, 1.82) is 0 Å². The first-order valence-electron chi connectivity index (χ1n) is 5.83. The molecule has 6 heteroatoms. The fourth-order valence-electron chi connectivity index (χ4n) is 3.50. The Labute approximate surface area is 104 Å². The van der Waals surface area contributed by atoms with Crippen LogP contribution in [-0.2, 0) is 19.7 Å².